The van der Waals surface area contributed by atoms with Crippen LogP contribution in [0.5, 0.6) is 0 Å². The van der Waals surface area contributed by atoms with E-state index >= 15 is 0 Å². The first kappa shape index (κ1) is 19.9. The first-order chi connectivity index (χ1) is 14.0. The van der Waals surface area contributed by atoms with Crippen molar-refractivity contribution in [2.75, 3.05) is 5.32 Å². The second kappa shape index (κ2) is 8.97. The van der Waals surface area contributed by atoms with Gasteiger partial charge in [-0.05, 0) is 54.7 Å². The summed E-state index contributed by atoms with van der Waals surface area (Å²) in [4.78, 5) is 17.3. The van der Waals surface area contributed by atoms with Gasteiger partial charge >= 0.3 is 6.01 Å². The van der Waals surface area contributed by atoms with Crippen LogP contribution in [0.2, 0.25) is 10.0 Å². The zero-order chi connectivity index (χ0) is 20.2. The number of ketones is 1. The molecule has 1 aliphatic carbocycles. The number of anilines is 1. The van der Waals surface area contributed by atoms with Gasteiger partial charge in [0, 0.05) is 34.8 Å². The Balaban J connectivity index is 1.48. The number of hydrogen-bond acceptors (Lipinski definition) is 5. The minimum Gasteiger partial charge on any atom is -0.335 e. The molecule has 0 spiro atoms. The van der Waals surface area contributed by atoms with Gasteiger partial charge in [0.2, 0.25) is 0 Å². The highest BCUT2D eigenvalue weighted by molar-refractivity contribution is 6.30. The zero-order valence-electron chi connectivity index (χ0n) is 15.8. The molecular weight excluding hydrogens is 409 g/mol. The van der Waals surface area contributed by atoms with E-state index in [0.717, 1.165) is 24.0 Å². The van der Waals surface area contributed by atoms with E-state index in [9.17, 15) is 4.79 Å². The molecule has 1 fully saturated rings. The molecule has 0 bridgehead atoms. The maximum Gasteiger partial charge on any atom is 0.321 e. The summed E-state index contributed by atoms with van der Waals surface area (Å²) in [6.07, 6.45) is 3.54. The minimum atomic E-state index is -0.172. The second-order valence-electron chi connectivity index (χ2n) is 7.45. The van der Waals surface area contributed by atoms with Crippen LogP contribution < -0.4 is 5.32 Å². The smallest absolute Gasteiger partial charge is 0.321 e. The van der Waals surface area contributed by atoms with Crippen LogP contribution in [0.3, 0.4) is 0 Å². The maximum absolute atomic E-state index is 12.8. The van der Waals surface area contributed by atoms with Crippen molar-refractivity contribution in [1.82, 2.24) is 10.1 Å². The molecule has 0 unspecified atom stereocenters. The summed E-state index contributed by atoms with van der Waals surface area (Å²) >= 11 is 11.9. The predicted molar refractivity (Wildman–Crippen MR) is 114 cm³/mol. The fourth-order valence-corrected chi connectivity index (χ4v) is 3.45. The Morgan fingerprint density at radius 1 is 1.03 bits per heavy atom. The summed E-state index contributed by atoms with van der Waals surface area (Å²) in [6, 6.07) is 15.8. The molecular formula is C22H21Cl2N3O2. The summed E-state index contributed by atoms with van der Waals surface area (Å²) in [5.74, 6) is 0.495. The Labute approximate surface area is 179 Å². The highest BCUT2D eigenvalue weighted by Crippen LogP contribution is 2.28. The van der Waals surface area contributed by atoms with Crippen molar-refractivity contribution < 1.29 is 9.32 Å². The van der Waals surface area contributed by atoms with Gasteiger partial charge in [-0.3, -0.25) is 4.79 Å². The predicted octanol–water partition coefficient (Wildman–Crippen LogP) is 5.48. The number of nitrogens with one attached hydrogen (secondary N) is 1. The number of benzene rings is 2. The number of hydrogen-bond donors (Lipinski definition) is 1. The number of Topliss-reactive ketones (excluding diaryl/α,β-unsaturated/α-hetero) is 1. The fraction of sp³-hybridized carbons (Fsp3) is 0.318. The Bertz CT molecular complexity index is 966. The SMILES string of the molecule is O=C(Cc1ccc(Cl)cc1)C[C@@H](Cc1ccc(Cl)cc1)c1noc(NC2CC2)n1. The third-order valence-electron chi connectivity index (χ3n) is 4.90. The van der Waals surface area contributed by atoms with E-state index in [4.69, 9.17) is 27.7 Å². The van der Waals surface area contributed by atoms with Crippen molar-refractivity contribution in [3.05, 3.63) is 75.5 Å². The summed E-state index contributed by atoms with van der Waals surface area (Å²) in [5.41, 5.74) is 2.01. The molecule has 3 aromatic rings. The van der Waals surface area contributed by atoms with Crippen LogP contribution in [-0.4, -0.2) is 22.0 Å². The molecule has 0 aliphatic heterocycles. The minimum absolute atomic E-state index is 0.118. The molecule has 1 aromatic heterocycles. The third kappa shape index (κ3) is 5.81. The van der Waals surface area contributed by atoms with E-state index in [-0.39, 0.29) is 11.7 Å². The molecule has 1 saturated carbocycles. The van der Waals surface area contributed by atoms with Gasteiger partial charge in [-0.2, -0.15) is 4.98 Å². The van der Waals surface area contributed by atoms with Crippen LogP contribution >= 0.6 is 23.2 Å². The molecule has 0 radical (unpaired) electrons. The van der Waals surface area contributed by atoms with Gasteiger partial charge in [-0.25, -0.2) is 0 Å². The molecule has 5 nitrogen and oxygen atoms in total. The van der Waals surface area contributed by atoms with E-state index in [2.05, 4.69) is 15.5 Å². The number of nitrogens with zero attached hydrogens (tertiary/aromatic N) is 2. The van der Waals surface area contributed by atoms with Gasteiger partial charge in [0.05, 0.1) is 0 Å². The normalized spacial score (nSPS) is 14.6. The topological polar surface area (TPSA) is 68.0 Å². The number of rotatable bonds is 9. The van der Waals surface area contributed by atoms with Crippen molar-refractivity contribution in [3.63, 3.8) is 0 Å². The van der Waals surface area contributed by atoms with E-state index in [1.54, 1.807) is 12.1 Å². The Morgan fingerprint density at radius 3 is 2.28 bits per heavy atom. The number of aromatic nitrogens is 2. The first-order valence-electron chi connectivity index (χ1n) is 9.66. The highest BCUT2D eigenvalue weighted by atomic mass is 35.5. The van der Waals surface area contributed by atoms with Crippen molar-refractivity contribution in [2.24, 2.45) is 0 Å². The lowest BCUT2D eigenvalue weighted by Gasteiger charge is -2.13. The van der Waals surface area contributed by atoms with Gasteiger partial charge in [-0.15, -0.1) is 0 Å². The highest BCUT2D eigenvalue weighted by Gasteiger charge is 2.26. The van der Waals surface area contributed by atoms with Gasteiger partial charge in [0.25, 0.3) is 0 Å². The van der Waals surface area contributed by atoms with Crippen molar-refractivity contribution in [1.29, 1.82) is 0 Å². The molecule has 150 valence electrons. The molecule has 7 heteroatoms. The summed E-state index contributed by atoms with van der Waals surface area (Å²) in [6.45, 7) is 0. The lowest BCUT2D eigenvalue weighted by molar-refractivity contribution is -0.118. The maximum atomic E-state index is 12.8. The molecule has 0 saturated heterocycles. The Kier molecular flexibility index (Phi) is 6.16. The van der Waals surface area contributed by atoms with E-state index < -0.39 is 0 Å². The van der Waals surface area contributed by atoms with Crippen LogP contribution in [0, 0.1) is 0 Å². The van der Waals surface area contributed by atoms with Gasteiger partial charge < -0.3 is 9.84 Å². The lowest BCUT2D eigenvalue weighted by atomic mass is 9.91. The lowest BCUT2D eigenvalue weighted by Crippen LogP contribution is -2.13. The zero-order valence-corrected chi connectivity index (χ0v) is 17.3. The van der Waals surface area contributed by atoms with Gasteiger partial charge in [0.1, 0.15) is 5.78 Å². The van der Waals surface area contributed by atoms with Crippen LogP contribution in [0.25, 0.3) is 0 Å². The average Bonchev–Trinajstić information content (AvgIpc) is 3.39. The number of carbonyl (C=O) groups excluding carboxylic acids is 1. The van der Waals surface area contributed by atoms with Crippen LogP contribution in [0.15, 0.2) is 53.1 Å². The van der Waals surface area contributed by atoms with Gasteiger partial charge in [-0.1, -0.05) is 52.6 Å². The summed E-state index contributed by atoms with van der Waals surface area (Å²) < 4.78 is 5.35. The monoisotopic (exact) mass is 429 g/mol. The van der Waals surface area contributed by atoms with Crippen LogP contribution in [-0.2, 0) is 17.6 Å². The summed E-state index contributed by atoms with van der Waals surface area (Å²) in [7, 11) is 0. The van der Waals surface area contributed by atoms with Crippen LogP contribution in [0.4, 0.5) is 6.01 Å². The molecule has 2 aromatic carbocycles. The molecule has 1 heterocycles. The summed E-state index contributed by atoms with van der Waals surface area (Å²) in [5, 5.41) is 8.68. The molecule has 1 N–H and O–H groups in total. The third-order valence-corrected chi connectivity index (χ3v) is 5.40. The van der Waals surface area contributed by atoms with E-state index in [0.29, 0.717) is 47.2 Å². The van der Waals surface area contributed by atoms with Gasteiger partial charge in [0.15, 0.2) is 5.82 Å². The Morgan fingerprint density at radius 2 is 1.66 bits per heavy atom. The molecule has 4 rings (SSSR count). The molecule has 1 aliphatic rings. The molecule has 29 heavy (non-hydrogen) atoms. The molecule has 0 amide bonds. The van der Waals surface area contributed by atoms with Crippen LogP contribution in [0.1, 0.15) is 42.1 Å². The standard InChI is InChI=1S/C22H21Cl2N3O2/c23-17-5-1-14(2-6-17)11-16(21-26-22(29-27-21)25-19-9-10-19)13-20(28)12-15-3-7-18(24)8-4-15/h1-8,16,19H,9-13H2,(H,25,26,27)/t16-/m1/s1. The fourth-order valence-electron chi connectivity index (χ4n) is 3.20. The first-order valence-corrected chi connectivity index (χ1v) is 10.4. The quantitative estimate of drug-likeness (QED) is 0.487. The number of carbonyl (C=O) groups is 1. The average molecular weight is 430 g/mol. The van der Waals surface area contributed by atoms with E-state index in [1.165, 1.54) is 0 Å². The van der Waals surface area contributed by atoms with Crippen molar-refractivity contribution >= 4 is 35.0 Å². The Hall–Kier alpha value is -2.37. The van der Waals surface area contributed by atoms with Crippen molar-refractivity contribution in [3.8, 4) is 0 Å². The van der Waals surface area contributed by atoms with E-state index in [1.807, 2.05) is 36.4 Å². The number of halogens is 2. The second-order valence-corrected chi connectivity index (χ2v) is 8.32. The largest absolute Gasteiger partial charge is 0.335 e. The van der Waals surface area contributed by atoms with Crippen molar-refractivity contribution in [2.45, 2.75) is 44.1 Å². The molecule has 1 atom stereocenters.